The normalized spacial score (nSPS) is 17.8. The molecule has 6 heteroatoms. The van der Waals surface area contributed by atoms with Crippen molar-refractivity contribution in [2.24, 2.45) is 0 Å². The molecule has 0 saturated carbocycles. The second-order valence-corrected chi connectivity index (χ2v) is 5.73. The molecule has 120 valence electrons. The maximum atomic E-state index is 13.0. The zero-order valence-electron chi connectivity index (χ0n) is 12.3. The lowest BCUT2D eigenvalue weighted by Crippen LogP contribution is -2.44. The molecule has 23 heavy (non-hydrogen) atoms. The molecule has 3 rings (SSSR count). The number of hydrogen-bond acceptors (Lipinski definition) is 2. The number of hydrogen-bond donors (Lipinski definition) is 1. The Bertz CT molecular complexity index is 693. The average molecular weight is 335 g/mol. The highest BCUT2D eigenvalue weighted by Gasteiger charge is 2.25. The zero-order chi connectivity index (χ0) is 16.2. The molecule has 0 aliphatic carbocycles. The van der Waals surface area contributed by atoms with E-state index in [4.69, 9.17) is 16.3 Å². The van der Waals surface area contributed by atoms with E-state index < -0.39 is 0 Å². The number of urea groups is 1. The fourth-order valence-electron chi connectivity index (χ4n) is 2.48. The van der Waals surface area contributed by atoms with Crippen LogP contribution in [0.5, 0.6) is 0 Å². The van der Waals surface area contributed by atoms with Crippen LogP contribution >= 0.6 is 11.6 Å². The van der Waals surface area contributed by atoms with Gasteiger partial charge in [-0.05, 0) is 35.9 Å². The van der Waals surface area contributed by atoms with Crippen molar-refractivity contribution in [3.63, 3.8) is 0 Å². The van der Waals surface area contributed by atoms with Gasteiger partial charge in [-0.1, -0.05) is 29.8 Å². The second-order valence-electron chi connectivity index (χ2n) is 5.30. The summed E-state index contributed by atoms with van der Waals surface area (Å²) in [6.07, 6.45) is -0.255. The Labute approximate surface area is 138 Å². The molecule has 1 aliphatic rings. The highest BCUT2D eigenvalue weighted by atomic mass is 35.5. The first-order valence-electron chi connectivity index (χ1n) is 7.30. The van der Waals surface area contributed by atoms with E-state index in [1.165, 1.54) is 12.1 Å². The molecule has 4 nitrogen and oxygen atoms in total. The number of benzene rings is 2. The predicted octanol–water partition coefficient (Wildman–Crippen LogP) is 4.08. The van der Waals surface area contributed by atoms with Crippen molar-refractivity contribution < 1.29 is 13.9 Å². The largest absolute Gasteiger partial charge is 0.370 e. The molecule has 1 atom stereocenters. The van der Waals surface area contributed by atoms with E-state index in [1.54, 1.807) is 41.3 Å². The number of rotatable bonds is 2. The number of carbonyl (C=O) groups is 1. The molecule has 1 unspecified atom stereocenters. The molecule has 1 saturated heterocycles. The van der Waals surface area contributed by atoms with Crippen LogP contribution in [0.1, 0.15) is 11.7 Å². The lowest BCUT2D eigenvalue weighted by Gasteiger charge is -2.33. The first kappa shape index (κ1) is 15.8. The van der Waals surface area contributed by atoms with Gasteiger partial charge in [0.1, 0.15) is 11.9 Å². The predicted molar refractivity (Wildman–Crippen MR) is 87.1 cm³/mol. The van der Waals surface area contributed by atoms with E-state index in [1.807, 2.05) is 0 Å². The van der Waals surface area contributed by atoms with Crippen LogP contribution in [-0.2, 0) is 4.74 Å². The van der Waals surface area contributed by atoms with Crippen LogP contribution in [-0.4, -0.2) is 30.6 Å². The zero-order valence-corrected chi connectivity index (χ0v) is 13.1. The summed E-state index contributed by atoms with van der Waals surface area (Å²) < 4.78 is 18.7. The summed E-state index contributed by atoms with van der Waals surface area (Å²) in [7, 11) is 0. The first-order valence-corrected chi connectivity index (χ1v) is 7.68. The molecule has 0 radical (unpaired) electrons. The van der Waals surface area contributed by atoms with E-state index in [2.05, 4.69) is 5.32 Å². The van der Waals surface area contributed by atoms with Crippen LogP contribution in [0, 0.1) is 5.82 Å². The number of anilines is 1. The van der Waals surface area contributed by atoms with E-state index in [0.717, 1.165) is 5.56 Å². The molecule has 1 N–H and O–H groups in total. The number of amides is 2. The third-order valence-corrected chi connectivity index (χ3v) is 3.91. The standard InChI is InChI=1S/C17H16ClFN2O2/c18-13-2-1-3-15(10-13)20-17(22)21-8-9-23-16(11-21)12-4-6-14(19)7-5-12/h1-7,10,16H,8-9,11H2,(H,20,22). The van der Waals surface area contributed by atoms with Gasteiger partial charge in [0.05, 0.1) is 13.2 Å². The van der Waals surface area contributed by atoms with Gasteiger partial charge >= 0.3 is 6.03 Å². The quantitative estimate of drug-likeness (QED) is 0.899. The summed E-state index contributed by atoms with van der Waals surface area (Å²) in [4.78, 5) is 14.0. The maximum absolute atomic E-state index is 13.0. The summed E-state index contributed by atoms with van der Waals surface area (Å²) in [5, 5.41) is 3.38. The molecule has 0 bridgehead atoms. The average Bonchev–Trinajstić information content (AvgIpc) is 2.56. The number of nitrogens with one attached hydrogen (secondary N) is 1. The topological polar surface area (TPSA) is 41.6 Å². The van der Waals surface area contributed by atoms with E-state index in [-0.39, 0.29) is 18.0 Å². The fraction of sp³-hybridized carbons (Fsp3) is 0.235. The van der Waals surface area contributed by atoms with Gasteiger partial charge in [-0.2, -0.15) is 0 Å². The lowest BCUT2D eigenvalue weighted by molar-refractivity contribution is -0.0135. The van der Waals surface area contributed by atoms with Crippen molar-refractivity contribution in [3.8, 4) is 0 Å². The maximum Gasteiger partial charge on any atom is 0.322 e. The summed E-state index contributed by atoms with van der Waals surface area (Å²) in [5.74, 6) is -0.292. The SMILES string of the molecule is O=C(Nc1cccc(Cl)c1)N1CCOC(c2ccc(F)cc2)C1. The van der Waals surface area contributed by atoms with Crippen molar-refractivity contribution in [2.45, 2.75) is 6.10 Å². The van der Waals surface area contributed by atoms with Crippen molar-refractivity contribution in [2.75, 3.05) is 25.0 Å². The third-order valence-electron chi connectivity index (χ3n) is 3.67. The van der Waals surface area contributed by atoms with Crippen LogP contribution in [0.15, 0.2) is 48.5 Å². The van der Waals surface area contributed by atoms with Crippen LogP contribution in [0.25, 0.3) is 0 Å². The Kier molecular flexibility index (Phi) is 4.79. The molecule has 0 aromatic heterocycles. The number of halogens is 2. The highest BCUT2D eigenvalue weighted by molar-refractivity contribution is 6.30. The van der Waals surface area contributed by atoms with E-state index >= 15 is 0 Å². The summed E-state index contributed by atoms with van der Waals surface area (Å²) in [6, 6.07) is 12.9. The molecular formula is C17H16ClFN2O2. The van der Waals surface area contributed by atoms with Gasteiger partial charge in [-0.3, -0.25) is 0 Å². The van der Waals surface area contributed by atoms with Gasteiger partial charge in [0, 0.05) is 17.3 Å². The van der Waals surface area contributed by atoms with Gasteiger partial charge in [0.2, 0.25) is 0 Å². The van der Waals surface area contributed by atoms with Crippen LogP contribution in [0.3, 0.4) is 0 Å². The molecule has 2 aromatic rings. The molecule has 2 aromatic carbocycles. The van der Waals surface area contributed by atoms with Crippen molar-refractivity contribution in [3.05, 3.63) is 64.9 Å². The molecule has 0 spiro atoms. The van der Waals surface area contributed by atoms with Crippen LogP contribution < -0.4 is 5.32 Å². The minimum Gasteiger partial charge on any atom is -0.370 e. The molecule has 2 amide bonds. The number of nitrogens with zero attached hydrogens (tertiary/aromatic N) is 1. The Hall–Kier alpha value is -2.11. The summed E-state index contributed by atoms with van der Waals surface area (Å²) in [6.45, 7) is 1.35. The Balaban J connectivity index is 1.65. The summed E-state index contributed by atoms with van der Waals surface area (Å²) in [5.41, 5.74) is 1.50. The van der Waals surface area contributed by atoms with Crippen LogP contribution in [0.2, 0.25) is 5.02 Å². The van der Waals surface area contributed by atoms with Gasteiger partial charge in [0.25, 0.3) is 0 Å². The van der Waals surface area contributed by atoms with Crippen molar-refractivity contribution >= 4 is 23.3 Å². The smallest absolute Gasteiger partial charge is 0.322 e. The fourth-order valence-corrected chi connectivity index (χ4v) is 2.67. The molecule has 1 heterocycles. The van der Waals surface area contributed by atoms with Gasteiger partial charge < -0.3 is 15.0 Å². The van der Waals surface area contributed by atoms with E-state index in [0.29, 0.717) is 30.4 Å². The van der Waals surface area contributed by atoms with Gasteiger partial charge in [-0.25, -0.2) is 9.18 Å². The minimum absolute atomic E-state index is 0.206. The van der Waals surface area contributed by atoms with Gasteiger partial charge in [0.15, 0.2) is 0 Å². The number of ether oxygens (including phenoxy) is 1. The molecule has 1 aliphatic heterocycles. The Morgan fingerprint density at radius 1 is 1.26 bits per heavy atom. The minimum atomic E-state index is -0.292. The second kappa shape index (κ2) is 6.98. The van der Waals surface area contributed by atoms with Crippen molar-refractivity contribution in [1.29, 1.82) is 0 Å². The monoisotopic (exact) mass is 334 g/mol. The number of morpholine rings is 1. The Morgan fingerprint density at radius 2 is 2.04 bits per heavy atom. The third kappa shape index (κ3) is 4.00. The van der Waals surface area contributed by atoms with E-state index in [9.17, 15) is 9.18 Å². The van der Waals surface area contributed by atoms with Crippen LogP contribution in [0.4, 0.5) is 14.9 Å². The van der Waals surface area contributed by atoms with Gasteiger partial charge in [-0.15, -0.1) is 0 Å². The Morgan fingerprint density at radius 3 is 2.78 bits per heavy atom. The lowest BCUT2D eigenvalue weighted by atomic mass is 10.1. The highest BCUT2D eigenvalue weighted by Crippen LogP contribution is 2.23. The number of carbonyl (C=O) groups excluding carboxylic acids is 1. The summed E-state index contributed by atoms with van der Waals surface area (Å²) >= 11 is 5.91. The first-order chi connectivity index (χ1) is 11.1. The molecular weight excluding hydrogens is 319 g/mol. The molecule has 1 fully saturated rings. The van der Waals surface area contributed by atoms with Crippen molar-refractivity contribution in [1.82, 2.24) is 4.90 Å².